The predicted octanol–water partition coefficient (Wildman–Crippen LogP) is 1.89. The van der Waals surface area contributed by atoms with Crippen molar-refractivity contribution in [3.8, 4) is 0 Å². The lowest BCUT2D eigenvalue weighted by Crippen LogP contribution is -2.36. The van der Waals surface area contributed by atoms with Crippen LogP contribution in [0, 0.1) is 0 Å². The van der Waals surface area contributed by atoms with Gasteiger partial charge in [-0.15, -0.1) is 0 Å². The van der Waals surface area contributed by atoms with E-state index in [1.807, 2.05) is 19.1 Å². The van der Waals surface area contributed by atoms with Gasteiger partial charge in [0.25, 0.3) is 0 Å². The molecule has 6 heteroatoms. The Kier molecular flexibility index (Phi) is 7.88. The summed E-state index contributed by atoms with van der Waals surface area (Å²) in [6, 6.07) is 6.81. The van der Waals surface area contributed by atoms with Crippen LogP contribution in [0.15, 0.2) is 29.2 Å². The van der Waals surface area contributed by atoms with Gasteiger partial charge in [0.15, 0.2) is 0 Å². The third-order valence-electron chi connectivity index (χ3n) is 2.93. The number of benzene rings is 1. The van der Waals surface area contributed by atoms with Crippen LogP contribution in [-0.4, -0.2) is 34.2 Å². The molecule has 1 aromatic rings. The lowest BCUT2D eigenvalue weighted by molar-refractivity contribution is 0.133. The summed E-state index contributed by atoms with van der Waals surface area (Å²) in [5.41, 5.74) is 0.780. The first-order valence-corrected chi connectivity index (χ1v) is 8.88. The molecule has 0 spiro atoms. The lowest BCUT2D eigenvalue weighted by atomic mass is 10.2. The van der Waals surface area contributed by atoms with Crippen LogP contribution in [0.5, 0.6) is 0 Å². The van der Waals surface area contributed by atoms with E-state index in [-0.39, 0.29) is 6.04 Å². The van der Waals surface area contributed by atoms with Crippen molar-refractivity contribution in [3.05, 3.63) is 29.8 Å². The van der Waals surface area contributed by atoms with E-state index in [0.29, 0.717) is 24.7 Å². The molecule has 0 fully saturated rings. The topological polar surface area (TPSA) is 67.4 Å². The second kappa shape index (κ2) is 9.15. The van der Waals surface area contributed by atoms with Gasteiger partial charge in [-0.3, -0.25) is 0 Å². The SMILES string of the molecule is CCCNCc1ccccc1S(=O)(=O)NC(C)COCC. The molecule has 0 amide bonds. The zero-order chi connectivity index (χ0) is 15.7. The Morgan fingerprint density at radius 3 is 2.62 bits per heavy atom. The highest BCUT2D eigenvalue weighted by Gasteiger charge is 2.20. The maximum atomic E-state index is 12.5. The van der Waals surface area contributed by atoms with Crippen LogP contribution in [0.3, 0.4) is 0 Å². The summed E-state index contributed by atoms with van der Waals surface area (Å²) in [6.07, 6.45) is 1.01. The highest BCUT2D eigenvalue weighted by Crippen LogP contribution is 2.15. The Bertz CT molecular complexity index is 517. The van der Waals surface area contributed by atoms with Gasteiger partial charge in [-0.2, -0.15) is 0 Å². The fraction of sp³-hybridized carbons (Fsp3) is 0.600. The van der Waals surface area contributed by atoms with Crippen LogP contribution in [0.1, 0.15) is 32.8 Å². The third kappa shape index (κ3) is 6.13. The van der Waals surface area contributed by atoms with Gasteiger partial charge in [-0.1, -0.05) is 25.1 Å². The van der Waals surface area contributed by atoms with Crippen molar-refractivity contribution >= 4 is 10.0 Å². The molecule has 21 heavy (non-hydrogen) atoms. The summed E-state index contributed by atoms with van der Waals surface area (Å²) in [5.74, 6) is 0. The van der Waals surface area contributed by atoms with Crippen LogP contribution < -0.4 is 10.0 Å². The van der Waals surface area contributed by atoms with Crippen molar-refractivity contribution in [3.63, 3.8) is 0 Å². The van der Waals surface area contributed by atoms with Crippen LogP contribution in [-0.2, 0) is 21.3 Å². The van der Waals surface area contributed by atoms with Crippen molar-refractivity contribution in [2.45, 2.75) is 44.7 Å². The quantitative estimate of drug-likeness (QED) is 0.647. The molecule has 1 rings (SSSR count). The monoisotopic (exact) mass is 314 g/mol. The average Bonchev–Trinajstić information content (AvgIpc) is 2.45. The summed E-state index contributed by atoms with van der Waals surface area (Å²) >= 11 is 0. The van der Waals surface area contributed by atoms with Gasteiger partial charge in [0.05, 0.1) is 11.5 Å². The lowest BCUT2D eigenvalue weighted by Gasteiger charge is -2.16. The maximum absolute atomic E-state index is 12.5. The van der Waals surface area contributed by atoms with Crippen molar-refractivity contribution in [2.75, 3.05) is 19.8 Å². The van der Waals surface area contributed by atoms with Gasteiger partial charge in [-0.05, 0) is 38.4 Å². The smallest absolute Gasteiger partial charge is 0.241 e. The molecular formula is C15H26N2O3S. The van der Waals surface area contributed by atoms with Gasteiger partial charge in [0.2, 0.25) is 10.0 Å². The largest absolute Gasteiger partial charge is 0.380 e. The Morgan fingerprint density at radius 2 is 1.95 bits per heavy atom. The van der Waals surface area contributed by atoms with Crippen molar-refractivity contribution in [2.24, 2.45) is 0 Å². The Morgan fingerprint density at radius 1 is 1.24 bits per heavy atom. The number of nitrogens with one attached hydrogen (secondary N) is 2. The molecule has 120 valence electrons. The molecular weight excluding hydrogens is 288 g/mol. The Hall–Kier alpha value is -0.950. The number of sulfonamides is 1. The van der Waals surface area contributed by atoms with Crippen molar-refractivity contribution in [1.82, 2.24) is 10.0 Å². The zero-order valence-corrected chi connectivity index (χ0v) is 13.9. The number of rotatable bonds is 10. The molecule has 1 atom stereocenters. The molecule has 0 aliphatic carbocycles. The van der Waals surface area contributed by atoms with Crippen LogP contribution in [0.25, 0.3) is 0 Å². The standard InChI is InChI=1S/C15H26N2O3S/c1-4-10-16-11-14-8-6-7-9-15(14)21(18,19)17-13(3)12-20-5-2/h6-9,13,16-17H,4-5,10-12H2,1-3H3. The van der Waals surface area contributed by atoms with Gasteiger partial charge in [0.1, 0.15) is 0 Å². The molecule has 0 aromatic heterocycles. The second-order valence-corrected chi connectivity index (χ2v) is 6.65. The number of ether oxygens (including phenoxy) is 1. The zero-order valence-electron chi connectivity index (χ0n) is 13.1. The summed E-state index contributed by atoms with van der Waals surface area (Å²) < 4.78 is 32.8. The van der Waals surface area contributed by atoms with E-state index in [4.69, 9.17) is 4.74 Å². The molecule has 0 saturated carbocycles. The fourth-order valence-electron chi connectivity index (χ4n) is 1.97. The van der Waals surface area contributed by atoms with Crippen LogP contribution in [0.4, 0.5) is 0 Å². The third-order valence-corrected chi connectivity index (χ3v) is 4.62. The highest BCUT2D eigenvalue weighted by atomic mass is 32.2. The molecule has 0 heterocycles. The van der Waals surface area contributed by atoms with E-state index >= 15 is 0 Å². The minimum atomic E-state index is -3.53. The average molecular weight is 314 g/mol. The van der Waals surface area contributed by atoms with E-state index < -0.39 is 10.0 Å². The number of hydrogen-bond donors (Lipinski definition) is 2. The molecule has 0 saturated heterocycles. The van der Waals surface area contributed by atoms with Crippen LogP contribution in [0.2, 0.25) is 0 Å². The van der Waals surface area contributed by atoms with Crippen molar-refractivity contribution in [1.29, 1.82) is 0 Å². The van der Waals surface area contributed by atoms with E-state index in [1.54, 1.807) is 19.1 Å². The maximum Gasteiger partial charge on any atom is 0.241 e. The Balaban J connectivity index is 2.82. The molecule has 1 aromatic carbocycles. The first-order chi connectivity index (χ1) is 10.0. The van der Waals surface area contributed by atoms with E-state index in [1.165, 1.54) is 0 Å². The molecule has 0 aliphatic heterocycles. The van der Waals surface area contributed by atoms with Gasteiger partial charge >= 0.3 is 0 Å². The fourth-order valence-corrected chi connectivity index (χ4v) is 3.44. The first-order valence-electron chi connectivity index (χ1n) is 7.40. The highest BCUT2D eigenvalue weighted by molar-refractivity contribution is 7.89. The minimum absolute atomic E-state index is 0.258. The second-order valence-electron chi connectivity index (χ2n) is 4.97. The van der Waals surface area contributed by atoms with E-state index in [0.717, 1.165) is 18.5 Å². The van der Waals surface area contributed by atoms with E-state index in [2.05, 4.69) is 17.0 Å². The molecule has 0 bridgehead atoms. The molecule has 0 radical (unpaired) electrons. The molecule has 0 aliphatic rings. The summed E-state index contributed by atoms with van der Waals surface area (Å²) in [6.45, 7) is 8.11. The number of hydrogen-bond acceptors (Lipinski definition) is 4. The molecule has 1 unspecified atom stereocenters. The predicted molar refractivity (Wildman–Crippen MR) is 84.7 cm³/mol. The summed E-state index contributed by atoms with van der Waals surface area (Å²) in [4.78, 5) is 0.331. The summed E-state index contributed by atoms with van der Waals surface area (Å²) in [7, 11) is -3.53. The van der Waals surface area contributed by atoms with E-state index in [9.17, 15) is 8.42 Å². The molecule has 2 N–H and O–H groups in total. The van der Waals surface area contributed by atoms with Crippen molar-refractivity contribution < 1.29 is 13.2 Å². The first kappa shape index (κ1) is 18.1. The minimum Gasteiger partial charge on any atom is -0.380 e. The van der Waals surface area contributed by atoms with Gasteiger partial charge in [0, 0.05) is 19.2 Å². The molecule has 5 nitrogen and oxygen atoms in total. The summed E-state index contributed by atoms with van der Waals surface area (Å²) in [5, 5.41) is 3.23. The van der Waals surface area contributed by atoms with Crippen LogP contribution >= 0.6 is 0 Å². The van der Waals surface area contributed by atoms with Gasteiger partial charge < -0.3 is 10.1 Å². The Labute approximate surface area is 128 Å². The van der Waals surface area contributed by atoms with Gasteiger partial charge in [-0.25, -0.2) is 13.1 Å². The normalized spacial score (nSPS) is 13.3.